The Hall–Kier alpha value is -4.33. The summed E-state index contributed by atoms with van der Waals surface area (Å²) in [5.74, 6) is -0.569. The third-order valence-electron chi connectivity index (χ3n) is 5.08. The maximum absolute atomic E-state index is 12.9. The molecular weight excluding hydrogens is 460 g/mol. The number of nitrogens with one attached hydrogen (secondary N) is 2. The predicted molar refractivity (Wildman–Crippen MR) is 136 cm³/mol. The summed E-state index contributed by atoms with van der Waals surface area (Å²) in [6, 6.07) is 21.9. The zero-order chi connectivity index (χ0) is 25.8. The Balaban J connectivity index is 1.63. The molecule has 0 heterocycles. The molecule has 3 rings (SSSR count). The topological polar surface area (TPSA) is 103 Å². The van der Waals surface area contributed by atoms with Crippen molar-refractivity contribution in [3.05, 3.63) is 90.0 Å². The van der Waals surface area contributed by atoms with E-state index >= 15 is 0 Å². The van der Waals surface area contributed by atoms with Gasteiger partial charge in [-0.05, 0) is 43.7 Å². The van der Waals surface area contributed by atoms with Gasteiger partial charge in [0.25, 0.3) is 11.8 Å². The van der Waals surface area contributed by atoms with Gasteiger partial charge in [0.1, 0.15) is 6.04 Å². The number of ether oxygens (including phenoxy) is 3. The Bertz CT molecular complexity index is 1150. The minimum atomic E-state index is -0.970. The summed E-state index contributed by atoms with van der Waals surface area (Å²) >= 11 is 0. The van der Waals surface area contributed by atoms with E-state index in [2.05, 4.69) is 10.6 Å². The molecule has 0 bridgehead atoms. The van der Waals surface area contributed by atoms with Crippen molar-refractivity contribution in [2.45, 2.75) is 26.3 Å². The molecule has 188 valence electrons. The van der Waals surface area contributed by atoms with Gasteiger partial charge in [-0.25, -0.2) is 4.79 Å². The maximum atomic E-state index is 12.9. The van der Waals surface area contributed by atoms with Crippen LogP contribution in [-0.2, 0) is 20.7 Å². The molecule has 8 nitrogen and oxygen atoms in total. The van der Waals surface area contributed by atoms with Crippen molar-refractivity contribution in [1.82, 2.24) is 5.32 Å². The van der Waals surface area contributed by atoms with Gasteiger partial charge in [0.2, 0.25) is 0 Å². The van der Waals surface area contributed by atoms with Crippen LogP contribution in [0.4, 0.5) is 5.69 Å². The molecule has 8 heteroatoms. The quantitative estimate of drug-likeness (QED) is 0.372. The number of hydrogen-bond acceptors (Lipinski definition) is 6. The molecule has 0 aromatic heterocycles. The van der Waals surface area contributed by atoms with Crippen LogP contribution in [-0.4, -0.2) is 43.6 Å². The average Bonchev–Trinajstić information content (AvgIpc) is 2.89. The minimum Gasteiger partial charge on any atom is -0.490 e. The van der Waals surface area contributed by atoms with Crippen LogP contribution < -0.4 is 20.1 Å². The zero-order valence-corrected chi connectivity index (χ0v) is 20.4. The molecule has 0 spiro atoms. The van der Waals surface area contributed by atoms with Gasteiger partial charge in [0, 0.05) is 23.7 Å². The van der Waals surface area contributed by atoms with Gasteiger partial charge in [0.05, 0.1) is 13.2 Å². The summed E-state index contributed by atoms with van der Waals surface area (Å²) in [4.78, 5) is 38.0. The molecule has 0 aliphatic carbocycles. The molecule has 2 N–H and O–H groups in total. The van der Waals surface area contributed by atoms with Crippen LogP contribution in [0, 0.1) is 0 Å². The molecule has 0 saturated carbocycles. The fourth-order valence-electron chi connectivity index (χ4n) is 3.44. The van der Waals surface area contributed by atoms with Crippen LogP contribution >= 0.6 is 0 Å². The molecular formula is C28H30N2O6. The van der Waals surface area contributed by atoms with Gasteiger partial charge < -0.3 is 24.8 Å². The van der Waals surface area contributed by atoms with E-state index in [-0.39, 0.29) is 6.42 Å². The van der Waals surface area contributed by atoms with E-state index in [0.717, 1.165) is 5.56 Å². The summed E-state index contributed by atoms with van der Waals surface area (Å²) in [6.45, 7) is 4.12. The summed E-state index contributed by atoms with van der Waals surface area (Å²) < 4.78 is 16.4. The zero-order valence-electron chi connectivity index (χ0n) is 20.4. The van der Waals surface area contributed by atoms with E-state index in [0.29, 0.717) is 36.0 Å². The molecule has 0 fully saturated rings. The monoisotopic (exact) mass is 490 g/mol. The van der Waals surface area contributed by atoms with Crippen molar-refractivity contribution in [3.63, 3.8) is 0 Å². The third-order valence-corrected chi connectivity index (χ3v) is 5.08. The van der Waals surface area contributed by atoms with E-state index in [9.17, 15) is 14.4 Å². The molecule has 2 amide bonds. The highest BCUT2D eigenvalue weighted by Gasteiger charge is 2.24. The van der Waals surface area contributed by atoms with Crippen LogP contribution in [0.25, 0.3) is 0 Å². The molecule has 0 radical (unpaired) electrons. The lowest BCUT2D eigenvalue weighted by Gasteiger charge is -2.18. The summed E-state index contributed by atoms with van der Waals surface area (Å²) in [6.07, 6.45) is 0.219. The minimum absolute atomic E-state index is 0.219. The average molecular weight is 491 g/mol. The van der Waals surface area contributed by atoms with Gasteiger partial charge in [0.15, 0.2) is 18.1 Å². The lowest BCUT2D eigenvalue weighted by atomic mass is 10.1. The van der Waals surface area contributed by atoms with Gasteiger partial charge in [-0.2, -0.15) is 0 Å². The highest BCUT2D eigenvalue weighted by Crippen LogP contribution is 2.30. The molecule has 3 aromatic rings. The number of carbonyl (C=O) groups is 3. The first-order chi connectivity index (χ1) is 17.5. The van der Waals surface area contributed by atoms with Gasteiger partial charge >= 0.3 is 5.97 Å². The lowest BCUT2D eigenvalue weighted by molar-refractivity contribution is -0.149. The van der Waals surface area contributed by atoms with E-state index in [1.54, 1.807) is 48.5 Å². The normalized spacial score (nSPS) is 11.2. The second kappa shape index (κ2) is 13.5. The Morgan fingerprint density at radius 2 is 1.44 bits per heavy atom. The number of anilines is 1. The first-order valence-electron chi connectivity index (χ1n) is 11.8. The van der Waals surface area contributed by atoms with E-state index in [4.69, 9.17) is 14.2 Å². The number of amides is 2. The second-order valence-electron chi connectivity index (χ2n) is 7.77. The first kappa shape index (κ1) is 26.3. The molecule has 1 atom stereocenters. The first-order valence-corrected chi connectivity index (χ1v) is 11.8. The third kappa shape index (κ3) is 7.87. The van der Waals surface area contributed by atoms with E-state index < -0.39 is 30.4 Å². The van der Waals surface area contributed by atoms with Crippen molar-refractivity contribution in [3.8, 4) is 11.5 Å². The van der Waals surface area contributed by atoms with Crippen molar-refractivity contribution in [1.29, 1.82) is 0 Å². The van der Waals surface area contributed by atoms with Crippen molar-refractivity contribution in [2.24, 2.45) is 0 Å². The van der Waals surface area contributed by atoms with Crippen molar-refractivity contribution in [2.75, 3.05) is 25.1 Å². The van der Waals surface area contributed by atoms with Crippen molar-refractivity contribution < 1.29 is 28.6 Å². The van der Waals surface area contributed by atoms with Crippen LogP contribution in [0.5, 0.6) is 11.5 Å². The van der Waals surface area contributed by atoms with Crippen LogP contribution in [0.15, 0.2) is 78.9 Å². The van der Waals surface area contributed by atoms with Crippen molar-refractivity contribution >= 4 is 23.5 Å². The summed E-state index contributed by atoms with van der Waals surface area (Å²) in [5, 5.41) is 5.40. The molecule has 0 saturated heterocycles. The number of carbonyl (C=O) groups excluding carboxylic acids is 3. The maximum Gasteiger partial charge on any atom is 0.329 e. The van der Waals surface area contributed by atoms with E-state index in [1.165, 1.54) is 0 Å². The fourth-order valence-corrected chi connectivity index (χ4v) is 3.44. The molecule has 0 aliphatic heterocycles. The summed E-state index contributed by atoms with van der Waals surface area (Å²) in [7, 11) is 0. The van der Waals surface area contributed by atoms with Crippen LogP contribution in [0.1, 0.15) is 29.8 Å². The number of rotatable bonds is 12. The van der Waals surface area contributed by atoms with Gasteiger partial charge in [-0.3, -0.25) is 9.59 Å². The van der Waals surface area contributed by atoms with E-state index in [1.807, 2.05) is 44.2 Å². The number of benzene rings is 3. The Kier molecular flexibility index (Phi) is 9.88. The molecule has 1 unspecified atom stereocenters. The second-order valence-corrected chi connectivity index (χ2v) is 7.77. The molecule has 36 heavy (non-hydrogen) atoms. The Morgan fingerprint density at radius 3 is 2.11 bits per heavy atom. The highest BCUT2D eigenvalue weighted by molar-refractivity contribution is 5.97. The predicted octanol–water partition coefficient (Wildman–Crippen LogP) is 4.01. The number of hydrogen-bond donors (Lipinski definition) is 2. The smallest absolute Gasteiger partial charge is 0.329 e. The van der Waals surface area contributed by atoms with Gasteiger partial charge in [-0.15, -0.1) is 0 Å². The standard InChI is InChI=1S/C28H30N2O6/c1-3-34-24-16-15-22(18-25(24)35-4-2)29-26(31)19-36-28(33)23(17-20-11-7-5-8-12-20)30-27(32)21-13-9-6-10-14-21/h5-16,18,23H,3-4,17,19H2,1-2H3,(H,29,31)(H,30,32). The highest BCUT2D eigenvalue weighted by atomic mass is 16.5. The molecule has 0 aliphatic rings. The largest absolute Gasteiger partial charge is 0.490 e. The van der Waals surface area contributed by atoms with Crippen LogP contribution in [0.2, 0.25) is 0 Å². The number of esters is 1. The molecule has 3 aromatic carbocycles. The lowest BCUT2D eigenvalue weighted by Crippen LogP contribution is -2.44. The summed E-state index contributed by atoms with van der Waals surface area (Å²) in [5.41, 5.74) is 1.73. The Morgan fingerprint density at radius 1 is 0.806 bits per heavy atom. The SMILES string of the molecule is CCOc1ccc(NC(=O)COC(=O)C(Cc2ccccc2)NC(=O)c2ccccc2)cc1OCC. The Labute approximate surface area is 210 Å². The fraction of sp³-hybridized carbons (Fsp3) is 0.250. The van der Waals surface area contributed by atoms with Crippen LogP contribution in [0.3, 0.4) is 0 Å². The van der Waals surface area contributed by atoms with Gasteiger partial charge in [-0.1, -0.05) is 48.5 Å².